The number of benzene rings is 7. The Balaban J connectivity index is 1.15. The molecule has 0 aliphatic rings. The molecule has 2 heteroatoms. The van der Waals surface area contributed by atoms with E-state index in [1.54, 1.807) is 0 Å². The Morgan fingerprint density at radius 3 is 1.83 bits per heavy atom. The maximum atomic E-state index is 6.06. The average molecular weight is 536 g/mol. The van der Waals surface area contributed by atoms with Crippen LogP contribution in [-0.4, -0.2) is 4.98 Å². The van der Waals surface area contributed by atoms with Crippen LogP contribution < -0.4 is 0 Å². The highest BCUT2D eigenvalue weighted by Gasteiger charge is 2.13. The Kier molecular flexibility index (Phi) is 4.93. The van der Waals surface area contributed by atoms with Crippen LogP contribution in [-0.2, 0) is 0 Å². The van der Waals surface area contributed by atoms with Crippen molar-refractivity contribution in [3.63, 3.8) is 0 Å². The maximum absolute atomic E-state index is 6.06. The van der Waals surface area contributed by atoms with E-state index in [1.807, 2.05) is 12.1 Å². The first-order valence-electron chi connectivity index (χ1n) is 14.3. The summed E-state index contributed by atoms with van der Waals surface area (Å²) in [5.41, 5.74) is 11.4. The number of fused-ring (bicyclic) bond motifs is 8. The van der Waals surface area contributed by atoms with E-state index in [2.05, 4.69) is 138 Å². The minimum Gasteiger partial charge on any atom is -0.456 e. The Hall–Kier alpha value is -5.60. The Labute approximate surface area is 242 Å². The molecule has 0 atom stereocenters. The monoisotopic (exact) mass is 535 g/mol. The number of hydrogen-bond acceptors (Lipinski definition) is 1. The summed E-state index contributed by atoms with van der Waals surface area (Å²) in [7, 11) is 0. The molecular formula is C40H25NO. The molecule has 0 saturated carbocycles. The maximum Gasteiger partial charge on any atom is 0.135 e. The summed E-state index contributed by atoms with van der Waals surface area (Å²) in [4.78, 5) is 3.80. The molecule has 0 fully saturated rings. The zero-order valence-corrected chi connectivity index (χ0v) is 22.8. The summed E-state index contributed by atoms with van der Waals surface area (Å²) < 4.78 is 6.06. The van der Waals surface area contributed by atoms with E-state index in [4.69, 9.17) is 4.42 Å². The second-order valence-electron chi connectivity index (χ2n) is 11.0. The van der Waals surface area contributed by atoms with E-state index in [0.717, 1.165) is 21.9 Å². The summed E-state index contributed by atoms with van der Waals surface area (Å²) in [6, 6.07) is 52.1. The fourth-order valence-electron chi connectivity index (χ4n) is 6.56. The molecule has 0 bridgehead atoms. The highest BCUT2D eigenvalue weighted by atomic mass is 16.3. The number of aromatic amines is 1. The van der Waals surface area contributed by atoms with Crippen LogP contribution in [0.15, 0.2) is 150 Å². The van der Waals surface area contributed by atoms with Gasteiger partial charge in [0.2, 0.25) is 0 Å². The smallest absolute Gasteiger partial charge is 0.135 e. The second kappa shape index (κ2) is 8.95. The van der Waals surface area contributed by atoms with E-state index in [9.17, 15) is 0 Å². The molecule has 0 amide bonds. The highest BCUT2D eigenvalue weighted by molar-refractivity contribution is 6.19. The Morgan fingerprint density at radius 2 is 0.976 bits per heavy atom. The van der Waals surface area contributed by atoms with Gasteiger partial charge in [-0.3, -0.25) is 0 Å². The van der Waals surface area contributed by atoms with Gasteiger partial charge in [-0.25, -0.2) is 0 Å². The van der Waals surface area contributed by atoms with Crippen LogP contribution in [0.1, 0.15) is 0 Å². The fourth-order valence-corrected chi connectivity index (χ4v) is 6.56. The quantitative estimate of drug-likeness (QED) is 0.239. The van der Waals surface area contributed by atoms with Gasteiger partial charge in [-0.05, 0) is 63.5 Å². The van der Waals surface area contributed by atoms with Gasteiger partial charge in [-0.1, -0.05) is 115 Å². The van der Waals surface area contributed by atoms with Gasteiger partial charge in [0.1, 0.15) is 11.2 Å². The van der Waals surface area contributed by atoms with Crippen molar-refractivity contribution >= 4 is 54.5 Å². The molecule has 0 radical (unpaired) electrons. The van der Waals surface area contributed by atoms with Gasteiger partial charge in [0.15, 0.2) is 0 Å². The van der Waals surface area contributed by atoms with Crippen LogP contribution >= 0.6 is 0 Å². The minimum atomic E-state index is 0.919. The topological polar surface area (TPSA) is 28.9 Å². The molecule has 2 nitrogen and oxygen atoms in total. The lowest BCUT2D eigenvalue weighted by Crippen LogP contribution is -1.85. The summed E-state index contributed by atoms with van der Waals surface area (Å²) in [6.45, 7) is 0. The van der Waals surface area contributed by atoms with Gasteiger partial charge < -0.3 is 9.40 Å². The van der Waals surface area contributed by atoms with Crippen LogP contribution in [0.2, 0.25) is 0 Å². The van der Waals surface area contributed by atoms with Crippen LogP contribution in [0.25, 0.3) is 87.9 Å². The molecule has 7 aromatic carbocycles. The molecule has 0 aliphatic carbocycles. The number of furan rings is 1. The molecule has 42 heavy (non-hydrogen) atoms. The van der Waals surface area contributed by atoms with Crippen LogP contribution in [0.4, 0.5) is 0 Å². The van der Waals surface area contributed by atoms with Gasteiger partial charge in [0.05, 0.1) is 11.0 Å². The number of nitrogens with one attached hydrogen (secondary N) is 1. The molecule has 2 heterocycles. The van der Waals surface area contributed by atoms with Gasteiger partial charge in [0, 0.05) is 32.5 Å². The van der Waals surface area contributed by atoms with Crippen molar-refractivity contribution in [1.82, 2.24) is 4.98 Å². The van der Waals surface area contributed by atoms with E-state index in [-0.39, 0.29) is 0 Å². The normalized spacial score (nSPS) is 11.8. The molecule has 9 rings (SSSR count). The lowest BCUT2D eigenvalue weighted by Gasteiger charge is -2.09. The second-order valence-corrected chi connectivity index (χ2v) is 11.0. The Morgan fingerprint density at radius 1 is 0.357 bits per heavy atom. The zero-order chi connectivity index (χ0) is 27.6. The van der Waals surface area contributed by atoms with Crippen LogP contribution in [0, 0.1) is 0 Å². The molecule has 0 aliphatic heterocycles. The molecule has 0 unspecified atom stereocenters. The first kappa shape index (κ1) is 23.1. The number of aromatic nitrogens is 1. The minimum absolute atomic E-state index is 0.919. The molecule has 196 valence electrons. The van der Waals surface area contributed by atoms with Crippen LogP contribution in [0.3, 0.4) is 0 Å². The standard InChI is InChI=1S/C40H25NO/c1-2-13-31-25(8-1)18-20-35-34-16-7-15-32(40(34)41-39(31)35)30-12-6-11-28(23-30)26-9-5-10-27(22-26)29-19-21-38-36(24-29)33-14-3-4-17-37(33)42-38/h1-24,41H. The lowest BCUT2D eigenvalue weighted by molar-refractivity contribution is 0.669. The molecular weight excluding hydrogens is 510 g/mol. The van der Waals surface area contributed by atoms with Crippen molar-refractivity contribution in [3.05, 3.63) is 146 Å². The summed E-state index contributed by atoms with van der Waals surface area (Å²) >= 11 is 0. The zero-order valence-electron chi connectivity index (χ0n) is 22.8. The van der Waals surface area contributed by atoms with Crippen molar-refractivity contribution in [2.75, 3.05) is 0 Å². The molecule has 0 spiro atoms. The predicted octanol–water partition coefficient (Wildman–Crippen LogP) is 11.4. The third-order valence-corrected chi connectivity index (χ3v) is 8.61. The number of hydrogen-bond donors (Lipinski definition) is 1. The van der Waals surface area contributed by atoms with E-state index >= 15 is 0 Å². The molecule has 0 saturated heterocycles. The van der Waals surface area contributed by atoms with E-state index < -0.39 is 0 Å². The summed E-state index contributed by atoms with van der Waals surface area (Å²) in [5.74, 6) is 0. The van der Waals surface area contributed by atoms with Gasteiger partial charge in [-0.2, -0.15) is 0 Å². The first-order chi connectivity index (χ1) is 20.8. The molecule has 9 aromatic rings. The first-order valence-corrected chi connectivity index (χ1v) is 14.3. The van der Waals surface area contributed by atoms with Crippen molar-refractivity contribution < 1.29 is 4.42 Å². The Bertz CT molecular complexity index is 2470. The van der Waals surface area contributed by atoms with Gasteiger partial charge in [0.25, 0.3) is 0 Å². The number of H-pyrrole nitrogens is 1. The lowest BCUT2D eigenvalue weighted by atomic mass is 9.95. The van der Waals surface area contributed by atoms with Crippen LogP contribution in [0.5, 0.6) is 0 Å². The van der Waals surface area contributed by atoms with Crippen molar-refractivity contribution in [1.29, 1.82) is 0 Å². The average Bonchev–Trinajstić information content (AvgIpc) is 3.63. The fraction of sp³-hybridized carbons (Fsp3) is 0. The summed E-state index contributed by atoms with van der Waals surface area (Å²) in [5, 5.41) is 7.32. The van der Waals surface area contributed by atoms with E-state index in [1.165, 1.54) is 66.0 Å². The third-order valence-electron chi connectivity index (χ3n) is 8.61. The number of para-hydroxylation sites is 2. The van der Waals surface area contributed by atoms with Crippen molar-refractivity contribution in [3.8, 4) is 33.4 Å². The largest absolute Gasteiger partial charge is 0.456 e. The predicted molar refractivity (Wildman–Crippen MR) is 177 cm³/mol. The molecule has 1 N–H and O–H groups in total. The van der Waals surface area contributed by atoms with Gasteiger partial charge in [-0.15, -0.1) is 0 Å². The van der Waals surface area contributed by atoms with Gasteiger partial charge >= 0.3 is 0 Å². The summed E-state index contributed by atoms with van der Waals surface area (Å²) in [6.07, 6.45) is 0. The highest BCUT2D eigenvalue weighted by Crippen LogP contribution is 2.38. The third kappa shape index (κ3) is 3.52. The van der Waals surface area contributed by atoms with E-state index in [0.29, 0.717) is 0 Å². The number of rotatable bonds is 3. The van der Waals surface area contributed by atoms with Crippen molar-refractivity contribution in [2.45, 2.75) is 0 Å². The SMILES string of the molecule is c1cc(-c2cccc(-c3cccc4c3[nH]c3c5ccccc5ccc43)c2)cc(-c2ccc3oc4ccccc4c3c2)c1. The molecule has 2 aromatic heterocycles. The van der Waals surface area contributed by atoms with Crippen molar-refractivity contribution in [2.24, 2.45) is 0 Å².